The number of carbonyl (C=O) groups is 2. The third-order valence-corrected chi connectivity index (χ3v) is 2.89. The number of allylic oxidation sites excluding steroid dienone is 1. The third kappa shape index (κ3) is 5.49. The maximum Gasteiger partial charge on any atom is 0.331 e. The van der Waals surface area contributed by atoms with Gasteiger partial charge >= 0.3 is 11.9 Å². The van der Waals surface area contributed by atoms with Crippen molar-refractivity contribution in [1.82, 2.24) is 0 Å². The van der Waals surface area contributed by atoms with Gasteiger partial charge in [0.2, 0.25) is 10.5 Å². The van der Waals surface area contributed by atoms with E-state index in [0.717, 1.165) is 12.8 Å². The minimum Gasteiger partial charge on any atom is -0.525 e. The van der Waals surface area contributed by atoms with Crippen LogP contribution in [0.3, 0.4) is 0 Å². The van der Waals surface area contributed by atoms with Crippen molar-refractivity contribution < 1.29 is 19.1 Å². The van der Waals surface area contributed by atoms with Gasteiger partial charge in [-0.05, 0) is 12.8 Å². The molecule has 0 spiro atoms. The first-order chi connectivity index (χ1) is 7.93. The monoisotopic (exact) mass is 256 g/mol. The number of carboxylic acid groups (broad SMARTS) is 1. The van der Waals surface area contributed by atoms with E-state index in [-0.39, 0.29) is 5.92 Å². The van der Waals surface area contributed by atoms with Crippen LogP contribution in [0.2, 0.25) is 0 Å². The van der Waals surface area contributed by atoms with Gasteiger partial charge in [-0.15, -0.1) is 0 Å². The maximum atomic E-state index is 11.3. The van der Waals surface area contributed by atoms with E-state index in [2.05, 4.69) is 11.0 Å². The van der Waals surface area contributed by atoms with Gasteiger partial charge in [-0.25, -0.2) is 9.59 Å². The van der Waals surface area contributed by atoms with Gasteiger partial charge in [0.05, 0.1) is 0 Å². The molecule has 0 bridgehead atoms. The van der Waals surface area contributed by atoms with Crippen LogP contribution in [-0.2, 0) is 14.0 Å². The van der Waals surface area contributed by atoms with Gasteiger partial charge in [-0.1, -0.05) is 32.9 Å². The maximum absolute atomic E-state index is 11.3. The van der Waals surface area contributed by atoms with E-state index >= 15 is 0 Å². The fourth-order valence-electron chi connectivity index (χ4n) is 1.35. The zero-order chi connectivity index (χ0) is 13.4. The van der Waals surface area contributed by atoms with Crippen molar-refractivity contribution in [2.24, 2.45) is 5.92 Å². The molecule has 0 fully saturated rings. The topological polar surface area (TPSA) is 63.6 Å². The fourth-order valence-corrected chi connectivity index (χ4v) is 1.61. The number of aliphatic carboxylic acids is 1. The molecule has 0 amide bonds. The van der Waals surface area contributed by atoms with Gasteiger partial charge in [0.25, 0.3) is 0 Å². The first kappa shape index (κ1) is 15.6. The van der Waals surface area contributed by atoms with Crippen molar-refractivity contribution in [3.05, 3.63) is 23.8 Å². The summed E-state index contributed by atoms with van der Waals surface area (Å²) in [4.78, 5) is 22.3. The number of unbranched alkanes of at least 4 members (excludes halogenated alkanes) is 1. The number of rotatable bonds is 7. The molecule has 1 atom stereocenters. The zero-order valence-electron chi connectivity index (χ0n) is 10.7. The van der Waals surface area contributed by atoms with Gasteiger partial charge in [0.15, 0.2) is 0 Å². The van der Waals surface area contributed by atoms with Crippen LogP contribution >= 0.6 is 0 Å². The molecule has 0 rings (SSSR count). The van der Waals surface area contributed by atoms with Crippen molar-refractivity contribution in [3.8, 4) is 0 Å². The lowest BCUT2D eigenvalue weighted by Crippen LogP contribution is -2.12. The number of carbonyl (C=O) groups excluding carboxylic acids is 1. The molecular formula is C12H20O4Si. The van der Waals surface area contributed by atoms with Gasteiger partial charge < -0.3 is 9.53 Å². The molecule has 0 radical (unpaired) electrons. The predicted molar refractivity (Wildman–Crippen MR) is 69.6 cm³/mol. The lowest BCUT2D eigenvalue weighted by atomic mass is 9.97. The molecule has 0 aliphatic rings. The molecule has 96 valence electrons. The van der Waals surface area contributed by atoms with E-state index in [4.69, 9.17) is 5.11 Å². The molecule has 0 aromatic heterocycles. The van der Waals surface area contributed by atoms with Crippen LogP contribution < -0.4 is 0 Å². The van der Waals surface area contributed by atoms with Crippen molar-refractivity contribution in [1.29, 1.82) is 0 Å². The fraction of sp³-hybridized carbons (Fsp3) is 0.500. The van der Waals surface area contributed by atoms with Crippen LogP contribution in [0.15, 0.2) is 23.8 Å². The molecule has 0 aliphatic heterocycles. The number of hydrogen-bond acceptors (Lipinski definition) is 3. The molecule has 0 aromatic carbocycles. The third-order valence-electron chi connectivity index (χ3n) is 2.52. The van der Waals surface area contributed by atoms with E-state index in [1.807, 2.05) is 6.92 Å². The lowest BCUT2D eigenvalue weighted by Gasteiger charge is -2.10. The predicted octanol–water partition coefficient (Wildman–Crippen LogP) is 1.20. The van der Waals surface area contributed by atoms with E-state index < -0.39 is 11.9 Å². The molecule has 1 unspecified atom stereocenters. The summed E-state index contributed by atoms with van der Waals surface area (Å²) in [5, 5.41) is 9.02. The minimum absolute atomic E-state index is 0.301. The zero-order valence-corrected chi connectivity index (χ0v) is 12.7. The molecule has 0 heterocycles. The summed E-state index contributed by atoms with van der Waals surface area (Å²) in [5.74, 6) is -1.68. The minimum atomic E-state index is -0.933. The Kier molecular flexibility index (Phi) is 7.21. The first-order valence-corrected chi connectivity index (χ1v) is 6.46. The van der Waals surface area contributed by atoms with E-state index in [1.165, 1.54) is 0 Å². The molecule has 0 saturated heterocycles. The van der Waals surface area contributed by atoms with Crippen LogP contribution in [-0.4, -0.2) is 27.5 Å². The van der Waals surface area contributed by atoms with Crippen LogP contribution in [0.1, 0.15) is 33.1 Å². The molecule has 17 heavy (non-hydrogen) atoms. The van der Waals surface area contributed by atoms with Crippen LogP contribution in [0.25, 0.3) is 0 Å². The average molecular weight is 256 g/mol. The van der Waals surface area contributed by atoms with Crippen molar-refractivity contribution in [2.75, 3.05) is 0 Å². The summed E-state index contributed by atoms with van der Waals surface area (Å²) in [6.45, 7) is 7.37. The number of hydrogen-bond donors (Lipinski definition) is 1. The summed E-state index contributed by atoms with van der Waals surface area (Å²) in [5.41, 5.74) is 0.636. The van der Waals surface area contributed by atoms with Gasteiger partial charge in [0.1, 0.15) is 0 Å². The highest BCUT2D eigenvalue weighted by Gasteiger charge is 2.15. The first-order valence-electron chi connectivity index (χ1n) is 5.65. The molecule has 0 saturated carbocycles. The second-order valence-corrected chi connectivity index (χ2v) is 4.31. The lowest BCUT2D eigenvalue weighted by molar-refractivity contribution is -0.133. The Morgan fingerprint density at radius 1 is 1.53 bits per heavy atom. The van der Waals surface area contributed by atoms with Crippen molar-refractivity contribution in [2.45, 2.75) is 33.1 Å². The second-order valence-electron chi connectivity index (χ2n) is 3.91. The van der Waals surface area contributed by atoms with E-state index in [1.54, 1.807) is 13.0 Å². The van der Waals surface area contributed by atoms with Crippen molar-refractivity contribution in [3.63, 3.8) is 0 Å². The van der Waals surface area contributed by atoms with E-state index in [0.29, 0.717) is 28.1 Å². The Morgan fingerprint density at radius 3 is 2.53 bits per heavy atom. The molecular weight excluding hydrogens is 236 g/mol. The summed E-state index contributed by atoms with van der Waals surface area (Å²) in [6, 6.07) is 0. The van der Waals surface area contributed by atoms with E-state index in [9.17, 15) is 9.59 Å². The summed E-state index contributed by atoms with van der Waals surface area (Å²) >= 11 is 0. The van der Waals surface area contributed by atoms with Gasteiger partial charge in [-0.3, -0.25) is 0 Å². The quantitative estimate of drug-likeness (QED) is 0.549. The highest BCUT2D eigenvalue weighted by Crippen LogP contribution is 2.17. The Morgan fingerprint density at radius 2 is 2.12 bits per heavy atom. The molecule has 0 aromatic rings. The Bertz CT molecular complexity index is 333. The molecule has 0 aliphatic carbocycles. The highest BCUT2D eigenvalue weighted by atomic mass is 28.2. The van der Waals surface area contributed by atoms with Gasteiger partial charge in [0, 0.05) is 17.1 Å². The SMILES string of the molecule is C=C(C(=O)O[SiH3])C(C)C=C(CCCC)C(=O)O. The Labute approximate surface area is 105 Å². The Hall–Kier alpha value is -1.36. The summed E-state index contributed by atoms with van der Waals surface area (Å²) in [7, 11) is 0.317. The highest BCUT2D eigenvalue weighted by molar-refractivity contribution is 6.09. The van der Waals surface area contributed by atoms with Gasteiger partial charge in [-0.2, -0.15) is 0 Å². The van der Waals surface area contributed by atoms with Crippen LogP contribution in [0, 0.1) is 5.92 Å². The summed E-state index contributed by atoms with van der Waals surface area (Å²) < 4.78 is 4.68. The average Bonchev–Trinajstić information content (AvgIpc) is 2.31. The molecule has 4 nitrogen and oxygen atoms in total. The summed E-state index contributed by atoms with van der Waals surface area (Å²) in [6.07, 6.45) is 3.85. The standard InChI is InChI=1S/C12H20O4Si/c1-4-5-6-10(11(13)14)7-8(2)9(3)12(15)16-17/h7-8H,3-6H2,1-2,17H3,(H,13,14). The molecule has 1 N–H and O–H groups in total. The molecule has 5 heteroatoms. The Balaban J connectivity index is 4.74. The van der Waals surface area contributed by atoms with Crippen molar-refractivity contribution >= 4 is 22.4 Å². The van der Waals surface area contributed by atoms with Crippen LogP contribution in [0.4, 0.5) is 0 Å². The normalized spacial score (nSPS) is 13.2. The second kappa shape index (κ2) is 7.84. The largest absolute Gasteiger partial charge is 0.525 e. The smallest absolute Gasteiger partial charge is 0.331 e. The van der Waals surface area contributed by atoms with Crippen LogP contribution in [0.5, 0.6) is 0 Å². The number of carboxylic acids is 1.